The number of likely N-dealkylation sites (N-methyl/N-ethyl adjacent to an activating group) is 1. The maximum Gasteiger partial charge on any atom is 0.234 e. The van der Waals surface area contributed by atoms with E-state index >= 15 is 0 Å². The van der Waals surface area contributed by atoms with Crippen LogP contribution in [0.25, 0.3) is 0 Å². The average molecular weight is 162 g/mol. The van der Waals surface area contributed by atoms with E-state index in [9.17, 15) is 4.79 Å². The third kappa shape index (κ3) is 4.71. The Balaban J connectivity index is 3.37. The molecular formula is C6H15N2OP. The van der Waals surface area contributed by atoms with E-state index in [0.717, 1.165) is 6.16 Å². The van der Waals surface area contributed by atoms with Crippen molar-refractivity contribution in [2.75, 3.05) is 19.8 Å². The Bertz CT molecular complexity index is 108. The minimum atomic E-state index is 0.0532. The van der Waals surface area contributed by atoms with Gasteiger partial charge in [-0.25, -0.2) is 0 Å². The van der Waals surface area contributed by atoms with E-state index in [1.54, 1.807) is 7.05 Å². The quantitative estimate of drug-likeness (QED) is 0.551. The van der Waals surface area contributed by atoms with Gasteiger partial charge in [-0.15, -0.1) is 9.24 Å². The normalized spacial score (nSPS) is 12.7. The van der Waals surface area contributed by atoms with Gasteiger partial charge in [0.1, 0.15) is 0 Å². The molecule has 10 heavy (non-hydrogen) atoms. The molecule has 0 aliphatic heterocycles. The Hall–Kier alpha value is -0.140. The van der Waals surface area contributed by atoms with Gasteiger partial charge in [-0.05, 0) is 20.1 Å². The van der Waals surface area contributed by atoms with Crippen LogP contribution in [0.5, 0.6) is 0 Å². The summed E-state index contributed by atoms with van der Waals surface area (Å²) in [6.45, 7) is 2.37. The molecule has 0 saturated heterocycles. The van der Waals surface area contributed by atoms with Crippen LogP contribution in [0.3, 0.4) is 0 Å². The molecule has 0 aromatic carbocycles. The van der Waals surface area contributed by atoms with Crippen LogP contribution in [-0.4, -0.2) is 31.7 Å². The van der Waals surface area contributed by atoms with Crippen molar-refractivity contribution in [2.24, 2.45) is 0 Å². The van der Waals surface area contributed by atoms with Gasteiger partial charge in [0.2, 0.25) is 5.91 Å². The number of hydrogen-bond donors (Lipinski definition) is 2. The number of amides is 1. The summed E-state index contributed by atoms with van der Waals surface area (Å²) >= 11 is 0. The van der Waals surface area contributed by atoms with Gasteiger partial charge in [0, 0.05) is 6.04 Å². The summed E-state index contributed by atoms with van der Waals surface area (Å²) in [4.78, 5) is 10.8. The molecule has 0 aliphatic rings. The number of carbonyl (C=O) groups is 1. The number of rotatable bonds is 4. The first kappa shape index (κ1) is 9.86. The fourth-order valence-electron chi connectivity index (χ4n) is 0.545. The highest BCUT2D eigenvalue weighted by atomic mass is 31.0. The summed E-state index contributed by atoms with van der Waals surface area (Å²) in [6.07, 6.45) is 0.898. The average Bonchev–Trinajstić information content (AvgIpc) is 1.88. The van der Waals surface area contributed by atoms with Crippen molar-refractivity contribution in [1.29, 1.82) is 0 Å². The minimum Gasteiger partial charge on any atom is -0.352 e. The van der Waals surface area contributed by atoms with Crippen LogP contribution >= 0.6 is 9.24 Å². The van der Waals surface area contributed by atoms with E-state index in [4.69, 9.17) is 0 Å². The van der Waals surface area contributed by atoms with Gasteiger partial charge < -0.3 is 10.6 Å². The monoisotopic (exact) mass is 162 g/mol. The van der Waals surface area contributed by atoms with Crippen LogP contribution in [0.2, 0.25) is 0 Å². The molecule has 0 aliphatic carbocycles. The molecule has 0 aromatic heterocycles. The second-order valence-corrected chi connectivity index (χ2v) is 2.71. The van der Waals surface area contributed by atoms with Gasteiger partial charge in [-0.2, -0.15) is 0 Å². The molecule has 2 N–H and O–H groups in total. The standard InChI is InChI=1S/C6H15N2OP/c1-5(4-10)8-6(9)3-7-2/h5,7H,3-4,10H2,1-2H3,(H,8,9). The van der Waals surface area contributed by atoms with E-state index in [0.29, 0.717) is 6.54 Å². The highest BCUT2D eigenvalue weighted by Crippen LogP contribution is 1.87. The second kappa shape index (κ2) is 5.63. The predicted octanol–water partition coefficient (Wildman–Crippen LogP) is -0.414. The van der Waals surface area contributed by atoms with Crippen molar-refractivity contribution in [1.82, 2.24) is 10.6 Å². The largest absolute Gasteiger partial charge is 0.352 e. The molecule has 1 amide bonds. The number of carbonyl (C=O) groups excluding carboxylic acids is 1. The van der Waals surface area contributed by atoms with Crippen LogP contribution in [0.1, 0.15) is 6.92 Å². The Morgan fingerprint density at radius 1 is 1.70 bits per heavy atom. The smallest absolute Gasteiger partial charge is 0.234 e. The summed E-state index contributed by atoms with van der Waals surface area (Å²) in [7, 11) is 4.34. The van der Waals surface area contributed by atoms with Crippen LogP contribution in [0, 0.1) is 0 Å². The van der Waals surface area contributed by atoms with Gasteiger partial charge in [0.25, 0.3) is 0 Å². The highest BCUT2D eigenvalue weighted by molar-refractivity contribution is 7.16. The minimum absolute atomic E-state index is 0.0532. The lowest BCUT2D eigenvalue weighted by Gasteiger charge is -2.09. The van der Waals surface area contributed by atoms with Crippen LogP contribution < -0.4 is 10.6 Å². The summed E-state index contributed by atoms with van der Waals surface area (Å²) in [5.41, 5.74) is 0. The Kier molecular flexibility index (Phi) is 5.55. The number of nitrogens with one attached hydrogen (secondary N) is 2. The molecule has 3 nitrogen and oxygen atoms in total. The van der Waals surface area contributed by atoms with E-state index < -0.39 is 0 Å². The Morgan fingerprint density at radius 3 is 2.70 bits per heavy atom. The highest BCUT2D eigenvalue weighted by Gasteiger charge is 2.02. The van der Waals surface area contributed by atoms with Gasteiger partial charge in [0.05, 0.1) is 6.54 Å². The topological polar surface area (TPSA) is 41.1 Å². The lowest BCUT2D eigenvalue weighted by Crippen LogP contribution is -2.38. The molecule has 0 saturated carbocycles. The van der Waals surface area contributed by atoms with Crippen LogP contribution in [0.4, 0.5) is 0 Å². The molecule has 0 bridgehead atoms. The van der Waals surface area contributed by atoms with Gasteiger partial charge in [0.15, 0.2) is 0 Å². The van der Waals surface area contributed by atoms with Crippen molar-refractivity contribution in [2.45, 2.75) is 13.0 Å². The molecule has 0 spiro atoms. The predicted molar refractivity (Wildman–Crippen MR) is 46.1 cm³/mol. The maximum atomic E-state index is 10.8. The summed E-state index contributed by atoms with van der Waals surface area (Å²) in [5, 5.41) is 5.59. The first-order chi connectivity index (χ1) is 4.70. The zero-order valence-electron chi connectivity index (χ0n) is 6.48. The van der Waals surface area contributed by atoms with Crippen molar-refractivity contribution in [3.05, 3.63) is 0 Å². The van der Waals surface area contributed by atoms with Crippen LogP contribution in [0.15, 0.2) is 0 Å². The first-order valence-corrected chi connectivity index (χ1v) is 4.16. The molecule has 0 rings (SSSR count). The molecule has 4 heteroatoms. The molecule has 0 aromatic rings. The maximum absolute atomic E-state index is 10.8. The Labute approximate surface area is 64.2 Å². The summed E-state index contributed by atoms with van der Waals surface area (Å²) in [6, 6.07) is 0.255. The van der Waals surface area contributed by atoms with Crippen molar-refractivity contribution in [3.63, 3.8) is 0 Å². The molecule has 0 heterocycles. The zero-order valence-corrected chi connectivity index (χ0v) is 7.63. The zero-order chi connectivity index (χ0) is 7.98. The van der Waals surface area contributed by atoms with Gasteiger partial charge in [-0.3, -0.25) is 4.79 Å². The van der Waals surface area contributed by atoms with Crippen molar-refractivity contribution < 1.29 is 4.79 Å². The van der Waals surface area contributed by atoms with E-state index in [1.165, 1.54) is 0 Å². The van der Waals surface area contributed by atoms with Gasteiger partial charge in [-0.1, -0.05) is 0 Å². The lowest BCUT2D eigenvalue weighted by atomic mass is 10.4. The second-order valence-electron chi connectivity index (χ2n) is 2.23. The Morgan fingerprint density at radius 2 is 2.30 bits per heavy atom. The summed E-state index contributed by atoms with van der Waals surface area (Å²) < 4.78 is 0. The number of hydrogen-bond acceptors (Lipinski definition) is 2. The fourth-order valence-corrected chi connectivity index (χ4v) is 0.663. The third-order valence-corrected chi connectivity index (χ3v) is 1.81. The van der Waals surface area contributed by atoms with Crippen LogP contribution in [-0.2, 0) is 4.79 Å². The molecular weight excluding hydrogens is 147 g/mol. The fraction of sp³-hybridized carbons (Fsp3) is 0.833. The van der Waals surface area contributed by atoms with Gasteiger partial charge >= 0.3 is 0 Å². The van der Waals surface area contributed by atoms with Crippen molar-refractivity contribution in [3.8, 4) is 0 Å². The molecule has 2 unspecified atom stereocenters. The molecule has 2 atom stereocenters. The van der Waals surface area contributed by atoms with E-state index in [2.05, 4.69) is 19.9 Å². The van der Waals surface area contributed by atoms with E-state index in [1.807, 2.05) is 6.92 Å². The SMILES string of the molecule is CNCC(=O)NC(C)CP. The first-order valence-electron chi connectivity index (χ1n) is 3.34. The third-order valence-electron chi connectivity index (χ3n) is 1.10. The lowest BCUT2D eigenvalue weighted by molar-refractivity contribution is -0.120. The molecule has 60 valence electrons. The van der Waals surface area contributed by atoms with E-state index in [-0.39, 0.29) is 11.9 Å². The van der Waals surface area contributed by atoms with Crippen molar-refractivity contribution >= 4 is 15.1 Å². The molecule has 0 radical (unpaired) electrons. The summed E-state index contributed by atoms with van der Waals surface area (Å²) in [5.74, 6) is 0.0532. The molecule has 0 fully saturated rings.